The fourth-order valence-electron chi connectivity index (χ4n) is 4.09. The van der Waals surface area contributed by atoms with E-state index in [4.69, 9.17) is 16.3 Å². The van der Waals surface area contributed by atoms with Gasteiger partial charge in [-0.2, -0.15) is 0 Å². The van der Waals surface area contributed by atoms with Crippen molar-refractivity contribution in [1.82, 2.24) is 5.32 Å². The van der Waals surface area contributed by atoms with Gasteiger partial charge >= 0.3 is 6.09 Å². The Hall–Kier alpha value is -3.06. The molecule has 0 aliphatic heterocycles. The number of aromatic hydroxyl groups is 1. The first-order valence-electron chi connectivity index (χ1n) is 10.4. The van der Waals surface area contributed by atoms with Gasteiger partial charge in [0.25, 0.3) is 0 Å². The summed E-state index contributed by atoms with van der Waals surface area (Å²) in [6, 6.07) is 20.3. The fourth-order valence-corrected chi connectivity index (χ4v) is 4.32. The van der Waals surface area contributed by atoms with Crippen LogP contribution in [0.2, 0.25) is 5.02 Å². The number of hydrogen-bond donors (Lipinski definition) is 4. The molecule has 0 radical (unpaired) electrons. The molecule has 4 rings (SSSR count). The van der Waals surface area contributed by atoms with E-state index in [-0.39, 0.29) is 41.8 Å². The molecule has 0 spiro atoms. The van der Waals surface area contributed by atoms with Crippen molar-refractivity contribution in [3.8, 4) is 16.9 Å². The molecule has 4 N–H and O–H groups in total. The van der Waals surface area contributed by atoms with E-state index < -0.39 is 18.3 Å². The Morgan fingerprint density at radius 3 is 2.28 bits per heavy atom. The number of carbonyl (C=O) groups is 1. The van der Waals surface area contributed by atoms with Crippen molar-refractivity contribution in [1.29, 1.82) is 0 Å². The maximum atomic E-state index is 12.2. The number of aliphatic hydroxyl groups is 2. The van der Waals surface area contributed by atoms with Gasteiger partial charge in [-0.1, -0.05) is 60.1 Å². The number of nitrogens with one attached hydrogen (secondary N) is 1. The van der Waals surface area contributed by atoms with Gasteiger partial charge in [0.1, 0.15) is 18.5 Å². The number of fused-ring (bicyclic) bond motifs is 3. The van der Waals surface area contributed by atoms with Gasteiger partial charge in [-0.25, -0.2) is 4.79 Å². The quantitative estimate of drug-likeness (QED) is 0.426. The Kier molecular flexibility index (Phi) is 6.65. The van der Waals surface area contributed by atoms with Crippen LogP contribution in [-0.4, -0.2) is 40.7 Å². The average Bonchev–Trinajstić information content (AvgIpc) is 3.12. The third kappa shape index (κ3) is 4.58. The van der Waals surface area contributed by atoms with Crippen molar-refractivity contribution in [3.63, 3.8) is 0 Å². The smallest absolute Gasteiger partial charge is 0.407 e. The summed E-state index contributed by atoms with van der Waals surface area (Å²) >= 11 is 6.02. The van der Waals surface area contributed by atoms with Crippen LogP contribution in [0.1, 0.15) is 35.1 Å². The van der Waals surface area contributed by atoms with Crippen molar-refractivity contribution in [2.45, 2.75) is 24.5 Å². The predicted molar refractivity (Wildman–Crippen MR) is 122 cm³/mol. The highest BCUT2D eigenvalue weighted by Crippen LogP contribution is 2.44. The fraction of sp³-hybridized carbons (Fsp3) is 0.240. The van der Waals surface area contributed by atoms with E-state index >= 15 is 0 Å². The number of hydrogen-bond acceptors (Lipinski definition) is 5. The lowest BCUT2D eigenvalue weighted by Gasteiger charge is -2.20. The topological polar surface area (TPSA) is 99.0 Å². The SMILES string of the molecule is O=C(NCCC(O)C(O)c1cc(O)ccc1Cl)OCC1c2ccccc2-c2ccccc21. The van der Waals surface area contributed by atoms with Crippen molar-refractivity contribution in [3.05, 3.63) is 88.4 Å². The number of phenols is 1. The van der Waals surface area contributed by atoms with Gasteiger partial charge in [-0.3, -0.25) is 0 Å². The summed E-state index contributed by atoms with van der Waals surface area (Å²) in [5, 5.41) is 32.9. The number of ether oxygens (including phenoxy) is 1. The Labute approximate surface area is 191 Å². The summed E-state index contributed by atoms with van der Waals surface area (Å²) in [5.74, 6) is -0.0964. The van der Waals surface area contributed by atoms with Gasteiger partial charge in [0, 0.05) is 23.0 Å². The molecule has 3 aromatic rings. The minimum atomic E-state index is -1.29. The van der Waals surface area contributed by atoms with Gasteiger partial charge in [-0.15, -0.1) is 0 Å². The lowest BCUT2D eigenvalue weighted by molar-refractivity contribution is 0.0136. The standard InChI is InChI=1S/C25H24ClNO5/c26-22-10-9-15(28)13-20(22)24(30)23(29)11-12-27-25(31)32-14-21-18-7-3-1-5-16(18)17-6-2-4-8-19(17)21/h1-10,13,21,23-24,28-30H,11-12,14H2,(H,27,31). The molecule has 166 valence electrons. The number of alkyl carbamates (subject to hydrolysis) is 1. The van der Waals surface area contributed by atoms with Gasteiger partial charge in [0.2, 0.25) is 0 Å². The Morgan fingerprint density at radius 1 is 1.00 bits per heavy atom. The highest BCUT2D eigenvalue weighted by Gasteiger charge is 2.29. The molecule has 2 atom stereocenters. The second-order valence-corrected chi connectivity index (χ2v) is 8.17. The maximum absolute atomic E-state index is 12.2. The summed E-state index contributed by atoms with van der Waals surface area (Å²) in [4.78, 5) is 12.2. The van der Waals surface area contributed by atoms with Crippen molar-refractivity contribution >= 4 is 17.7 Å². The largest absolute Gasteiger partial charge is 0.508 e. The van der Waals surface area contributed by atoms with Crippen LogP contribution in [0.5, 0.6) is 5.75 Å². The van der Waals surface area contributed by atoms with E-state index in [1.165, 1.54) is 18.2 Å². The van der Waals surface area contributed by atoms with Gasteiger partial charge < -0.3 is 25.4 Å². The van der Waals surface area contributed by atoms with Gasteiger partial charge in [0.15, 0.2) is 0 Å². The lowest BCUT2D eigenvalue weighted by Crippen LogP contribution is -2.30. The first kappa shape index (κ1) is 22.1. The molecular formula is C25H24ClNO5. The van der Waals surface area contributed by atoms with E-state index in [1.807, 2.05) is 36.4 Å². The molecule has 1 aliphatic carbocycles. The van der Waals surface area contributed by atoms with E-state index in [9.17, 15) is 20.1 Å². The highest BCUT2D eigenvalue weighted by molar-refractivity contribution is 6.31. The first-order valence-corrected chi connectivity index (χ1v) is 10.8. The number of amides is 1. The van der Waals surface area contributed by atoms with Crippen LogP contribution in [-0.2, 0) is 4.74 Å². The zero-order chi connectivity index (χ0) is 22.7. The van der Waals surface area contributed by atoms with Gasteiger partial charge in [-0.05, 0) is 46.9 Å². The Morgan fingerprint density at radius 2 is 1.62 bits per heavy atom. The van der Waals surface area contributed by atoms with Crippen LogP contribution >= 0.6 is 11.6 Å². The summed E-state index contributed by atoms with van der Waals surface area (Å²) in [6.07, 6.45) is -2.98. The number of rotatable bonds is 7. The number of aliphatic hydroxyl groups excluding tert-OH is 2. The Balaban J connectivity index is 1.29. The molecule has 0 heterocycles. The zero-order valence-corrected chi connectivity index (χ0v) is 18.0. The molecule has 0 saturated carbocycles. The van der Waals surface area contributed by atoms with Crippen molar-refractivity contribution < 1.29 is 24.9 Å². The van der Waals surface area contributed by atoms with E-state index in [0.717, 1.165) is 22.3 Å². The lowest BCUT2D eigenvalue weighted by atomic mass is 9.98. The molecule has 0 bridgehead atoms. The Bertz CT molecular complexity index is 1070. The summed E-state index contributed by atoms with van der Waals surface area (Å²) in [7, 11) is 0. The molecule has 7 heteroatoms. The third-order valence-corrected chi connectivity index (χ3v) is 6.06. The van der Waals surface area contributed by atoms with Crippen LogP contribution in [0.25, 0.3) is 11.1 Å². The zero-order valence-electron chi connectivity index (χ0n) is 17.2. The molecule has 0 fully saturated rings. The molecular weight excluding hydrogens is 430 g/mol. The molecule has 1 aliphatic rings. The molecule has 32 heavy (non-hydrogen) atoms. The van der Waals surface area contributed by atoms with Crippen LogP contribution < -0.4 is 5.32 Å². The second-order valence-electron chi connectivity index (χ2n) is 7.76. The van der Waals surface area contributed by atoms with E-state index in [1.54, 1.807) is 0 Å². The minimum absolute atomic E-state index is 0.0338. The van der Waals surface area contributed by atoms with Crippen LogP contribution in [0.4, 0.5) is 4.79 Å². The molecule has 0 aromatic heterocycles. The number of carbonyl (C=O) groups excluding carboxylic acids is 1. The summed E-state index contributed by atoms with van der Waals surface area (Å²) in [5.41, 5.74) is 4.78. The average molecular weight is 454 g/mol. The van der Waals surface area contributed by atoms with Gasteiger partial charge in [0.05, 0.1) is 6.10 Å². The first-order chi connectivity index (χ1) is 15.5. The molecule has 6 nitrogen and oxygen atoms in total. The van der Waals surface area contributed by atoms with Crippen LogP contribution in [0.3, 0.4) is 0 Å². The van der Waals surface area contributed by atoms with Crippen LogP contribution in [0.15, 0.2) is 66.7 Å². The third-order valence-electron chi connectivity index (χ3n) is 5.72. The van der Waals surface area contributed by atoms with E-state index in [2.05, 4.69) is 17.4 Å². The second kappa shape index (κ2) is 9.61. The van der Waals surface area contributed by atoms with Crippen molar-refractivity contribution in [2.24, 2.45) is 0 Å². The normalized spacial score (nSPS) is 14.3. The number of benzene rings is 3. The number of phenolic OH excluding ortho intramolecular Hbond substituents is 1. The monoisotopic (exact) mass is 453 g/mol. The highest BCUT2D eigenvalue weighted by atomic mass is 35.5. The maximum Gasteiger partial charge on any atom is 0.407 e. The molecule has 0 saturated heterocycles. The number of halogens is 1. The molecule has 3 aromatic carbocycles. The molecule has 2 unspecified atom stereocenters. The predicted octanol–water partition coefficient (Wildman–Crippen LogP) is 4.37. The summed E-state index contributed by atoms with van der Waals surface area (Å²) in [6.45, 7) is 0.301. The van der Waals surface area contributed by atoms with Crippen LogP contribution in [0, 0.1) is 0 Å². The molecule has 1 amide bonds. The van der Waals surface area contributed by atoms with Crippen molar-refractivity contribution in [2.75, 3.05) is 13.2 Å². The van der Waals surface area contributed by atoms with E-state index in [0.29, 0.717) is 0 Å². The minimum Gasteiger partial charge on any atom is -0.508 e. The summed E-state index contributed by atoms with van der Waals surface area (Å²) < 4.78 is 5.45.